The lowest BCUT2D eigenvalue weighted by Gasteiger charge is -2.27. The van der Waals surface area contributed by atoms with Gasteiger partial charge in [-0.25, -0.2) is 0 Å². The van der Waals surface area contributed by atoms with Crippen LogP contribution in [0, 0.1) is 5.92 Å². The maximum Gasteiger partial charge on any atom is 0.311 e. The van der Waals surface area contributed by atoms with E-state index in [-0.39, 0.29) is 24.1 Å². The second-order valence-electron chi connectivity index (χ2n) is 4.73. The lowest BCUT2D eigenvalue weighted by Crippen LogP contribution is -2.38. The van der Waals surface area contributed by atoms with E-state index < -0.39 is 5.97 Å². The number of carboxylic acids is 1. The molecule has 0 saturated heterocycles. The van der Waals surface area contributed by atoms with Crippen molar-refractivity contribution in [1.29, 1.82) is 0 Å². The first-order valence-electron chi connectivity index (χ1n) is 5.90. The number of carboxylic acid groups (broad SMARTS) is 1. The SMILES string of the molecule is CC(C)C(C)N(C)C(=O)c1ccoc1CC(=O)O. The number of amides is 1. The van der Waals surface area contributed by atoms with Crippen molar-refractivity contribution in [2.24, 2.45) is 5.92 Å². The molecule has 5 heteroatoms. The lowest BCUT2D eigenvalue weighted by atomic mass is 10.0. The summed E-state index contributed by atoms with van der Waals surface area (Å²) in [4.78, 5) is 24.5. The Kier molecular flexibility index (Phi) is 4.53. The van der Waals surface area contributed by atoms with E-state index in [2.05, 4.69) is 0 Å². The molecule has 1 N–H and O–H groups in total. The highest BCUT2D eigenvalue weighted by Crippen LogP contribution is 2.17. The molecule has 0 aromatic carbocycles. The van der Waals surface area contributed by atoms with Gasteiger partial charge in [0.05, 0.1) is 11.8 Å². The number of carbonyl (C=O) groups excluding carboxylic acids is 1. The van der Waals surface area contributed by atoms with Crippen LogP contribution in [0.1, 0.15) is 36.9 Å². The summed E-state index contributed by atoms with van der Waals surface area (Å²) in [6.07, 6.45) is 1.07. The molecule has 1 atom stereocenters. The quantitative estimate of drug-likeness (QED) is 0.871. The van der Waals surface area contributed by atoms with E-state index in [1.54, 1.807) is 11.9 Å². The molecule has 5 nitrogen and oxygen atoms in total. The Balaban J connectivity index is 2.90. The minimum atomic E-state index is -1.02. The zero-order chi connectivity index (χ0) is 13.9. The van der Waals surface area contributed by atoms with Gasteiger partial charge in [0, 0.05) is 13.1 Å². The fourth-order valence-electron chi connectivity index (χ4n) is 1.63. The van der Waals surface area contributed by atoms with Crippen LogP contribution in [0.5, 0.6) is 0 Å². The zero-order valence-corrected chi connectivity index (χ0v) is 11.1. The van der Waals surface area contributed by atoms with E-state index in [4.69, 9.17) is 9.52 Å². The second-order valence-corrected chi connectivity index (χ2v) is 4.73. The number of rotatable bonds is 5. The molecule has 18 heavy (non-hydrogen) atoms. The third kappa shape index (κ3) is 3.12. The summed E-state index contributed by atoms with van der Waals surface area (Å²) in [7, 11) is 1.71. The number of aliphatic carboxylic acids is 1. The van der Waals surface area contributed by atoms with Gasteiger partial charge < -0.3 is 14.4 Å². The van der Waals surface area contributed by atoms with Crippen LogP contribution in [0.25, 0.3) is 0 Å². The maximum atomic E-state index is 12.2. The predicted octanol–water partition coefficient (Wildman–Crippen LogP) is 2.02. The van der Waals surface area contributed by atoms with Crippen molar-refractivity contribution < 1.29 is 19.1 Å². The van der Waals surface area contributed by atoms with Gasteiger partial charge in [-0.2, -0.15) is 0 Å². The van der Waals surface area contributed by atoms with Gasteiger partial charge in [0.1, 0.15) is 12.2 Å². The van der Waals surface area contributed by atoms with E-state index in [9.17, 15) is 9.59 Å². The van der Waals surface area contributed by atoms with E-state index in [0.717, 1.165) is 0 Å². The molecule has 1 amide bonds. The van der Waals surface area contributed by atoms with Crippen LogP contribution in [0.3, 0.4) is 0 Å². The minimum Gasteiger partial charge on any atom is -0.481 e. The van der Waals surface area contributed by atoms with Crippen molar-refractivity contribution >= 4 is 11.9 Å². The normalized spacial score (nSPS) is 12.5. The largest absolute Gasteiger partial charge is 0.481 e. The summed E-state index contributed by atoms with van der Waals surface area (Å²) < 4.78 is 5.06. The number of carbonyl (C=O) groups is 2. The third-order valence-corrected chi connectivity index (χ3v) is 3.18. The summed E-state index contributed by atoms with van der Waals surface area (Å²) in [5, 5.41) is 8.74. The van der Waals surface area contributed by atoms with Gasteiger partial charge in [0.2, 0.25) is 0 Å². The first-order chi connectivity index (χ1) is 8.34. The molecule has 0 radical (unpaired) electrons. The summed E-state index contributed by atoms with van der Waals surface area (Å²) in [5.41, 5.74) is 0.326. The smallest absolute Gasteiger partial charge is 0.311 e. The van der Waals surface area contributed by atoms with Crippen LogP contribution in [-0.4, -0.2) is 35.0 Å². The average Bonchev–Trinajstić information content (AvgIpc) is 2.73. The summed E-state index contributed by atoms with van der Waals surface area (Å²) in [5.74, 6) is -0.691. The van der Waals surface area contributed by atoms with Crippen LogP contribution in [0.2, 0.25) is 0 Å². The summed E-state index contributed by atoms with van der Waals surface area (Å²) >= 11 is 0. The average molecular weight is 253 g/mol. The van der Waals surface area contributed by atoms with E-state index in [0.29, 0.717) is 11.5 Å². The summed E-state index contributed by atoms with van der Waals surface area (Å²) in [6, 6.07) is 1.59. The molecule has 0 aliphatic rings. The molecule has 1 rings (SSSR count). The fourth-order valence-corrected chi connectivity index (χ4v) is 1.63. The Hall–Kier alpha value is -1.78. The van der Waals surface area contributed by atoms with E-state index in [1.807, 2.05) is 20.8 Å². The molecule has 0 aliphatic carbocycles. The molecule has 1 heterocycles. The topological polar surface area (TPSA) is 70.8 Å². The highest BCUT2D eigenvalue weighted by molar-refractivity contribution is 5.96. The van der Waals surface area contributed by atoms with Crippen LogP contribution in [0.4, 0.5) is 0 Å². The Bertz CT molecular complexity index is 436. The Morgan fingerprint density at radius 1 is 1.39 bits per heavy atom. The van der Waals surface area contributed by atoms with Crippen molar-refractivity contribution in [2.45, 2.75) is 33.2 Å². The first-order valence-corrected chi connectivity index (χ1v) is 5.90. The number of hydrogen-bond acceptors (Lipinski definition) is 3. The van der Waals surface area contributed by atoms with E-state index in [1.165, 1.54) is 12.3 Å². The molecule has 0 bridgehead atoms. The van der Waals surface area contributed by atoms with Crippen molar-refractivity contribution in [2.75, 3.05) is 7.05 Å². The molecular weight excluding hydrogens is 234 g/mol. The van der Waals surface area contributed by atoms with Crippen molar-refractivity contribution in [3.63, 3.8) is 0 Å². The number of furan rings is 1. The van der Waals surface area contributed by atoms with Gasteiger partial charge in [0.25, 0.3) is 5.91 Å². The molecule has 1 aromatic rings. The number of hydrogen-bond donors (Lipinski definition) is 1. The van der Waals surface area contributed by atoms with Gasteiger partial charge in [-0.3, -0.25) is 9.59 Å². The standard InChI is InChI=1S/C13H19NO4/c1-8(2)9(3)14(4)13(17)10-5-6-18-11(10)7-12(15)16/h5-6,8-9H,7H2,1-4H3,(H,15,16). The van der Waals surface area contributed by atoms with E-state index >= 15 is 0 Å². The molecule has 0 saturated carbocycles. The Morgan fingerprint density at radius 3 is 2.50 bits per heavy atom. The van der Waals surface area contributed by atoms with Gasteiger partial charge >= 0.3 is 5.97 Å². The highest BCUT2D eigenvalue weighted by Gasteiger charge is 2.24. The molecule has 100 valence electrons. The van der Waals surface area contributed by atoms with Gasteiger partial charge in [-0.05, 0) is 18.9 Å². The van der Waals surface area contributed by atoms with Crippen LogP contribution >= 0.6 is 0 Å². The van der Waals surface area contributed by atoms with Crippen LogP contribution in [-0.2, 0) is 11.2 Å². The third-order valence-electron chi connectivity index (χ3n) is 3.18. The molecule has 1 unspecified atom stereocenters. The Morgan fingerprint density at radius 2 is 2.00 bits per heavy atom. The maximum absolute atomic E-state index is 12.2. The molecule has 0 spiro atoms. The molecular formula is C13H19NO4. The van der Waals surface area contributed by atoms with Gasteiger partial charge in [0.15, 0.2) is 0 Å². The highest BCUT2D eigenvalue weighted by atomic mass is 16.4. The monoisotopic (exact) mass is 253 g/mol. The predicted molar refractivity (Wildman–Crippen MR) is 66.4 cm³/mol. The van der Waals surface area contributed by atoms with Crippen LogP contribution < -0.4 is 0 Å². The van der Waals surface area contributed by atoms with Crippen molar-refractivity contribution in [1.82, 2.24) is 4.90 Å². The second kappa shape index (κ2) is 5.71. The minimum absolute atomic E-state index is 0.0741. The number of nitrogens with zero attached hydrogens (tertiary/aromatic N) is 1. The van der Waals surface area contributed by atoms with Crippen molar-refractivity contribution in [3.8, 4) is 0 Å². The fraction of sp³-hybridized carbons (Fsp3) is 0.538. The molecule has 0 aliphatic heterocycles. The Labute approximate surface area is 106 Å². The van der Waals surface area contributed by atoms with Gasteiger partial charge in [-0.15, -0.1) is 0 Å². The lowest BCUT2D eigenvalue weighted by molar-refractivity contribution is -0.136. The first kappa shape index (κ1) is 14.3. The van der Waals surface area contributed by atoms with Gasteiger partial charge in [-0.1, -0.05) is 13.8 Å². The van der Waals surface area contributed by atoms with Crippen LogP contribution in [0.15, 0.2) is 16.7 Å². The zero-order valence-electron chi connectivity index (χ0n) is 11.1. The van der Waals surface area contributed by atoms with Crippen molar-refractivity contribution in [3.05, 3.63) is 23.7 Å². The molecule has 1 aromatic heterocycles. The molecule has 0 fully saturated rings. The summed E-state index contributed by atoms with van der Waals surface area (Å²) in [6.45, 7) is 6.02.